The monoisotopic (exact) mass is 364 g/mol. The lowest BCUT2D eigenvalue weighted by Crippen LogP contribution is -2.23. The van der Waals surface area contributed by atoms with Crippen LogP contribution in [0.1, 0.15) is 16.8 Å². The Morgan fingerprint density at radius 1 is 1.11 bits per heavy atom. The first-order valence-corrected chi connectivity index (χ1v) is 8.86. The topological polar surface area (TPSA) is 63.3 Å². The zero-order valence-corrected chi connectivity index (χ0v) is 15.8. The number of hydrogen-bond acceptors (Lipinski definition) is 3. The highest BCUT2D eigenvalue weighted by atomic mass is 16.5. The van der Waals surface area contributed by atoms with Crippen LogP contribution in [0, 0.1) is 6.92 Å². The Morgan fingerprint density at radius 3 is 2.67 bits per heavy atom. The molecule has 1 heterocycles. The second kappa shape index (κ2) is 8.45. The third-order valence-electron chi connectivity index (χ3n) is 4.54. The Morgan fingerprint density at radius 2 is 1.89 bits per heavy atom. The van der Waals surface area contributed by atoms with Gasteiger partial charge in [0.2, 0.25) is 5.91 Å². The Balaban J connectivity index is 1.58. The second-order valence-corrected chi connectivity index (χ2v) is 6.26. The Labute approximate surface area is 159 Å². The van der Waals surface area contributed by atoms with Crippen LogP contribution in [0.25, 0.3) is 17.0 Å². The molecule has 2 N–H and O–H groups in total. The van der Waals surface area contributed by atoms with E-state index >= 15 is 0 Å². The quantitative estimate of drug-likeness (QED) is 0.626. The molecule has 2 aromatic carbocycles. The molecule has 140 valence electrons. The van der Waals surface area contributed by atoms with Crippen molar-refractivity contribution in [3.8, 4) is 11.5 Å². The molecule has 0 aliphatic heterocycles. The summed E-state index contributed by atoms with van der Waals surface area (Å²) in [6, 6.07) is 13.7. The van der Waals surface area contributed by atoms with E-state index in [2.05, 4.69) is 29.4 Å². The van der Waals surface area contributed by atoms with Gasteiger partial charge in [-0.05, 0) is 48.7 Å². The number of fused-ring (bicyclic) bond motifs is 1. The van der Waals surface area contributed by atoms with Gasteiger partial charge in [-0.3, -0.25) is 4.79 Å². The minimum absolute atomic E-state index is 0.123. The molecule has 1 aromatic heterocycles. The van der Waals surface area contributed by atoms with Crippen LogP contribution in [0.4, 0.5) is 0 Å². The van der Waals surface area contributed by atoms with Gasteiger partial charge in [-0.25, -0.2) is 0 Å². The number of H-pyrrole nitrogens is 1. The summed E-state index contributed by atoms with van der Waals surface area (Å²) in [5.74, 6) is 1.17. The minimum Gasteiger partial charge on any atom is -0.493 e. The molecule has 0 saturated heterocycles. The highest BCUT2D eigenvalue weighted by Gasteiger charge is 2.08. The minimum atomic E-state index is -0.123. The van der Waals surface area contributed by atoms with Crippen molar-refractivity contribution in [1.82, 2.24) is 10.3 Å². The van der Waals surface area contributed by atoms with Gasteiger partial charge in [0.15, 0.2) is 11.5 Å². The number of benzene rings is 2. The number of methoxy groups -OCH3 is 2. The molecular formula is C22H24N2O3. The summed E-state index contributed by atoms with van der Waals surface area (Å²) in [6.07, 6.45) is 4.07. The smallest absolute Gasteiger partial charge is 0.244 e. The first kappa shape index (κ1) is 18.6. The summed E-state index contributed by atoms with van der Waals surface area (Å²) >= 11 is 0. The normalized spacial score (nSPS) is 11.1. The number of amides is 1. The summed E-state index contributed by atoms with van der Waals surface area (Å²) in [5.41, 5.74) is 4.39. The lowest BCUT2D eigenvalue weighted by molar-refractivity contribution is -0.116. The Bertz CT molecular complexity index is 973. The first-order valence-electron chi connectivity index (χ1n) is 8.86. The van der Waals surface area contributed by atoms with Crippen LogP contribution >= 0.6 is 0 Å². The molecule has 0 fully saturated rings. The molecule has 0 spiro atoms. The van der Waals surface area contributed by atoms with Crippen LogP contribution in [0.3, 0.4) is 0 Å². The Hall–Kier alpha value is -3.21. The van der Waals surface area contributed by atoms with Gasteiger partial charge in [0.25, 0.3) is 0 Å². The van der Waals surface area contributed by atoms with E-state index in [0.717, 1.165) is 23.2 Å². The molecule has 0 radical (unpaired) electrons. The lowest BCUT2D eigenvalue weighted by Gasteiger charge is -2.07. The zero-order valence-electron chi connectivity index (χ0n) is 15.8. The molecule has 3 aromatic rings. The summed E-state index contributed by atoms with van der Waals surface area (Å²) in [4.78, 5) is 15.5. The van der Waals surface area contributed by atoms with Crippen LogP contribution in [-0.2, 0) is 11.2 Å². The zero-order chi connectivity index (χ0) is 19.2. The van der Waals surface area contributed by atoms with Crippen LogP contribution in [0.2, 0.25) is 0 Å². The predicted octanol–water partition coefficient (Wildman–Crippen LogP) is 3.87. The Kier molecular flexibility index (Phi) is 5.81. The fraction of sp³-hybridized carbons (Fsp3) is 0.227. The molecule has 5 nitrogen and oxygen atoms in total. The molecule has 3 rings (SSSR count). The van der Waals surface area contributed by atoms with E-state index in [-0.39, 0.29) is 5.91 Å². The van der Waals surface area contributed by atoms with Gasteiger partial charge in [0.1, 0.15) is 0 Å². The van der Waals surface area contributed by atoms with Crippen LogP contribution in [0.15, 0.2) is 48.5 Å². The van der Waals surface area contributed by atoms with Crippen molar-refractivity contribution >= 4 is 22.9 Å². The molecule has 0 bridgehead atoms. The summed E-state index contributed by atoms with van der Waals surface area (Å²) in [7, 11) is 3.18. The summed E-state index contributed by atoms with van der Waals surface area (Å²) in [5, 5.41) is 4.15. The number of nitrogens with one attached hydrogen (secondary N) is 2. The van der Waals surface area contributed by atoms with E-state index in [1.54, 1.807) is 20.3 Å². The van der Waals surface area contributed by atoms with Crippen molar-refractivity contribution in [2.24, 2.45) is 0 Å². The molecule has 0 saturated carbocycles. The van der Waals surface area contributed by atoms with Crippen LogP contribution < -0.4 is 14.8 Å². The van der Waals surface area contributed by atoms with E-state index in [1.807, 2.05) is 30.3 Å². The van der Waals surface area contributed by atoms with Crippen molar-refractivity contribution in [3.63, 3.8) is 0 Å². The number of rotatable bonds is 7. The van der Waals surface area contributed by atoms with Gasteiger partial charge in [-0.1, -0.05) is 24.3 Å². The van der Waals surface area contributed by atoms with Crippen LogP contribution in [0.5, 0.6) is 11.5 Å². The van der Waals surface area contributed by atoms with Crippen molar-refractivity contribution in [1.29, 1.82) is 0 Å². The maximum atomic E-state index is 12.1. The molecule has 0 unspecified atom stereocenters. The molecule has 1 amide bonds. The first-order chi connectivity index (χ1) is 13.1. The molecule has 0 aliphatic carbocycles. The molecule has 5 heteroatoms. The van der Waals surface area contributed by atoms with E-state index in [1.165, 1.54) is 17.0 Å². The number of carbonyl (C=O) groups excluding carboxylic acids is 1. The van der Waals surface area contributed by atoms with Crippen molar-refractivity contribution < 1.29 is 14.3 Å². The van der Waals surface area contributed by atoms with Gasteiger partial charge in [-0.15, -0.1) is 0 Å². The maximum Gasteiger partial charge on any atom is 0.244 e. The van der Waals surface area contributed by atoms with Gasteiger partial charge < -0.3 is 19.8 Å². The number of hydrogen-bond donors (Lipinski definition) is 2. The molecule has 0 atom stereocenters. The molecule has 0 aliphatic rings. The SMILES string of the molecule is COc1ccc(/C=C/C(=O)NCCc2c(C)[nH]c3ccccc23)cc1OC. The average Bonchev–Trinajstić information content (AvgIpc) is 3.01. The number of ether oxygens (including phenoxy) is 2. The van der Waals surface area contributed by atoms with Crippen molar-refractivity contribution in [3.05, 3.63) is 65.4 Å². The average molecular weight is 364 g/mol. The lowest BCUT2D eigenvalue weighted by atomic mass is 10.1. The number of carbonyl (C=O) groups is 1. The number of aromatic amines is 1. The maximum absolute atomic E-state index is 12.1. The second-order valence-electron chi connectivity index (χ2n) is 6.26. The summed E-state index contributed by atoms with van der Waals surface area (Å²) < 4.78 is 10.5. The van der Waals surface area contributed by atoms with Crippen molar-refractivity contribution in [2.75, 3.05) is 20.8 Å². The van der Waals surface area contributed by atoms with Crippen molar-refractivity contribution in [2.45, 2.75) is 13.3 Å². The largest absolute Gasteiger partial charge is 0.493 e. The standard InChI is InChI=1S/C22H24N2O3/c1-15-17(18-6-4-5-7-19(18)24-15)12-13-23-22(25)11-9-16-8-10-20(26-2)21(14-16)27-3/h4-11,14,24H,12-13H2,1-3H3,(H,23,25)/b11-9+. The van der Waals surface area contributed by atoms with E-state index in [0.29, 0.717) is 18.0 Å². The fourth-order valence-corrected chi connectivity index (χ4v) is 3.15. The third-order valence-corrected chi connectivity index (χ3v) is 4.54. The highest BCUT2D eigenvalue weighted by molar-refractivity contribution is 5.92. The third kappa shape index (κ3) is 4.31. The molecular weight excluding hydrogens is 340 g/mol. The van der Waals surface area contributed by atoms with Gasteiger partial charge in [-0.2, -0.15) is 0 Å². The molecule has 27 heavy (non-hydrogen) atoms. The number of aryl methyl sites for hydroxylation is 1. The fourth-order valence-electron chi connectivity index (χ4n) is 3.15. The van der Waals surface area contributed by atoms with Gasteiger partial charge in [0.05, 0.1) is 14.2 Å². The number of para-hydroxylation sites is 1. The van der Waals surface area contributed by atoms with Gasteiger partial charge in [0, 0.05) is 29.2 Å². The van der Waals surface area contributed by atoms with Crippen LogP contribution in [-0.4, -0.2) is 31.7 Å². The van der Waals surface area contributed by atoms with E-state index in [4.69, 9.17) is 9.47 Å². The highest BCUT2D eigenvalue weighted by Crippen LogP contribution is 2.28. The van der Waals surface area contributed by atoms with E-state index < -0.39 is 0 Å². The van der Waals surface area contributed by atoms with E-state index in [9.17, 15) is 4.79 Å². The predicted molar refractivity (Wildman–Crippen MR) is 108 cm³/mol. The summed E-state index contributed by atoms with van der Waals surface area (Å²) in [6.45, 7) is 2.64. The van der Waals surface area contributed by atoms with Gasteiger partial charge >= 0.3 is 0 Å². The number of aromatic nitrogens is 1.